The Balaban J connectivity index is 1.75. The smallest absolute Gasteiger partial charge is 0.260 e. The minimum absolute atomic E-state index is 0.0913. The lowest BCUT2D eigenvalue weighted by Crippen LogP contribution is -2.39. The van der Waals surface area contributed by atoms with Crippen molar-refractivity contribution in [2.75, 3.05) is 19.8 Å². The Morgan fingerprint density at radius 2 is 2.05 bits per heavy atom. The molecule has 4 nitrogen and oxygen atoms in total. The van der Waals surface area contributed by atoms with Gasteiger partial charge in [0.15, 0.2) is 6.10 Å². The Morgan fingerprint density at radius 3 is 2.70 bits per heavy atom. The van der Waals surface area contributed by atoms with Crippen LogP contribution in [0.3, 0.4) is 0 Å². The summed E-state index contributed by atoms with van der Waals surface area (Å²) in [6.45, 7) is 4.01. The van der Waals surface area contributed by atoms with Crippen LogP contribution in [-0.2, 0) is 9.53 Å². The molecule has 110 valence electrons. The summed E-state index contributed by atoms with van der Waals surface area (Å²) in [5, 5.41) is 3.59. The SMILES string of the molecule is CC(Oc1ccc(Cl)cc1)C(=O)NCC1CCOCC1. The van der Waals surface area contributed by atoms with E-state index in [9.17, 15) is 4.79 Å². The zero-order valence-corrected chi connectivity index (χ0v) is 12.4. The molecule has 0 aromatic heterocycles. The van der Waals surface area contributed by atoms with Gasteiger partial charge in [0, 0.05) is 24.8 Å². The lowest BCUT2D eigenvalue weighted by Gasteiger charge is -2.23. The molecule has 1 unspecified atom stereocenters. The van der Waals surface area contributed by atoms with E-state index in [2.05, 4.69) is 5.32 Å². The van der Waals surface area contributed by atoms with Crippen LogP contribution in [0, 0.1) is 5.92 Å². The van der Waals surface area contributed by atoms with Crippen molar-refractivity contribution in [3.05, 3.63) is 29.3 Å². The summed E-state index contributed by atoms with van der Waals surface area (Å²) < 4.78 is 10.9. The Labute approximate surface area is 124 Å². The zero-order chi connectivity index (χ0) is 14.4. The fourth-order valence-electron chi connectivity index (χ4n) is 2.11. The predicted molar refractivity (Wildman–Crippen MR) is 78.1 cm³/mol. The molecule has 5 heteroatoms. The van der Waals surface area contributed by atoms with Crippen LogP contribution in [0.25, 0.3) is 0 Å². The van der Waals surface area contributed by atoms with Crippen molar-refractivity contribution in [2.45, 2.75) is 25.9 Å². The minimum atomic E-state index is -0.518. The molecular weight excluding hydrogens is 278 g/mol. The normalized spacial score (nSPS) is 17.5. The van der Waals surface area contributed by atoms with Gasteiger partial charge >= 0.3 is 0 Å². The average molecular weight is 298 g/mol. The first-order valence-corrected chi connectivity index (χ1v) is 7.30. The van der Waals surface area contributed by atoms with Gasteiger partial charge in [0.05, 0.1) is 0 Å². The van der Waals surface area contributed by atoms with E-state index in [0.717, 1.165) is 26.1 Å². The minimum Gasteiger partial charge on any atom is -0.481 e. The number of hydrogen-bond acceptors (Lipinski definition) is 3. The van der Waals surface area contributed by atoms with Gasteiger partial charge in [-0.2, -0.15) is 0 Å². The van der Waals surface area contributed by atoms with E-state index in [1.54, 1.807) is 31.2 Å². The molecule has 1 atom stereocenters. The highest BCUT2D eigenvalue weighted by Gasteiger charge is 2.18. The van der Waals surface area contributed by atoms with Crippen LogP contribution in [0.15, 0.2) is 24.3 Å². The summed E-state index contributed by atoms with van der Waals surface area (Å²) in [5.74, 6) is 1.06. The van der Waals surface area contributed by atoms with Crippen LogP contribution in [0.2, 0.25) is 5.02 Å². The monoisotopic (exact) mass is 297 g/mol. The number of amides is 1. The van der Waals surface area contributed by atoms with Gasteiger partial charge in [0.1, 0.15) is 5.75 Å². The molecule has 0 spiro atoms. The summed E-state index contributed by atoms with van der Waals surface area (Å²) in [6, 6.07) is 6.99. The molecule has 1 heterocycles. The summed E-state index contributed by atoms with van der Waals surface area (Å²) in [7, 11) is 0. The maximum absolute atomic E-state index is 12.0. The van der Waals surface area contributed by atoms with Gasteiger partial charge in [-0.25, -0.2) is 0 Å². The van der Waals surface area contributed by atoms with Gasteiger partial charge < -0.3 is 14.8 Å². The van der Waals surface area contributed by atoms with E-state index in [1.165, 1.54) is 0 Å². The van der Waals surface area contributed by atoms with Gasteiger partial charge in [0.2, 0.25) is 0 Å². The first kappa shape index (κ1) is 15.1. The van der Waals surface area contributed by atoms with Gasteiger partial charge in [-0.1, -0.05) is 11.6 Å². The quantitative estimate of drug-likeness (QED) is 0.909. The molecule has 1 aromatic rings. The molecule has 1 saturated heterocycles. The summed E-state index contributed by atoms with van der Waals surface area (Å²) in [5.41, 5.74) is 0. The molecule has 0 radical (unpaired) electrons. The maximum atomic E-state index is 12.0. The van der Waals surface area contributed by atoms with Crippen LogP contribution in [0.1, 0.15) is 19.8 Å². The van der Waals surface area contributed by atoms with E-state index < -0.39 is 6.10 Å². The third-order valence-electron chi connectivity index (χ3n) is 3.40. The van der Waals surface area contributed by atoms with Gasteiger partial charge in [-0.3, -0.25) is 4.79 Å². The second-order valence-corrected chi connectivity index (χ2v) is 5.45. The van der Waals surface area contributed by atoms with Crippen molar-refractivity contribution < 1.29 is 14.3 Å². The molecule has 1 fully saturated rings. The fourth-order valence-corrected chi connectivity index (χ4v) is 2.24. The number of benzene rings is 1. The molecule has 1 aromatic carbocycles. The van der Waals surface area contributed by atoms with Gasteiger partial charge in [-0.05, 0) is 49.9 Å². The molecule has 0 bridgehead atoms. The van der Waals surface area contributed by atoms with Crippen LogP contribution in [-0.4, -0.2) is 31.8 Å². The van der Waals surface area contributed by atoms with Gasteiger partial charge in [-0.15, -0.1) is 0 Å². The molecule has 0 saturated carbocycles. The number of ether oxygens (including phenoxy) is 2. The first-order chi connectivity index (χ1) is 9.65. The van der Waals surface area contributed by atoms with Crippen molar-refractivity contribution in [1.82, 2.24) is 5.32 Å². The molecule has 1 amide bonds. The molecule has 20 heavy (non-hydrogen) atoms. The Bertz CT molecular complexity index is 429. The largest absolute Gasteiger partial charge is 0.481 e. The third kappa shape index (κ3) is 4.69. The number of rotatable bonds is 5. The van der Waals surface area contributed by atoms with Crippen LogP contribution < -0.4 is 10.1 Å². The Morgan fingerprint density at radius 1 is 1.40 bits per heavy atom. The molecular formula is C15H20ClNO3. The molecule has 0 aliphatic carbocycles. The van der Waals surface area contributed by atoms with Crippen molar-refractivity contribution in [3.63, 3.8) is 0 Å². The van der Waals surface area contributed by atoms with Crippen LogP contribution in [0.5, 0.6) is 5.75 Å². The van der Waals surface area contributed by atoms with Crippen molar-refractivity contribution in [2.24, 2.45) is 5.92 Å². The second-order valence-electron chi connectivity index (χ2n) is 5.01. The summed E-state index contributed by atoms with van der Waals surface area (Å²) >= 11 is 5.80. The number of hydrogen-bond donors (Lipinski definition) is 1. The van der Waals surface area contributed by atoms with E-state index in [4.69, 9.17) is 21.1 Å². The molecule has 1 aliphatic rings. The average Bonchev–Trinajstić information content (AvgIpc) is 2.48. The molecule has 1 N–H and O–H groups in total. The number of nitrogens with one attached hydrogen (secondary N) is 1. The van der Waals surface area contributed by atoms with Crippen molar-refractivity contribution in [3.8, 4) is 5.75 Å². The topological polar surface area (TPSA) is 47.6 Å². The van der Waals surface area contributed by atoms with E-state index >= 15 is 0 Å². The van der Waals surface area contributed by atoms with Crippen molar-refractivity contribution >= 4 is 17.5 Å². The van der Waals surface area contributed by atoms with E-state index in [1.807, 2.05) is 0 Å². The lowest BCUT2D eigenvalue weighted by molar-refractivity contribution is -0.127. The standard InChI is InChI=1S/C15H20ClNO3/c1-11(20-14-4-2-13(16)3-5-14)15(18)17-10-12-6-8-19-9-7-12/h2-5,11-12H,6-10H2,1H3,(H,17,18). The van der Waals surface area contributed by atoms with Crippen LogP contribution in [0.4, 0.5) is 0 Å². The summed E-state index contributed by atoms with van der Waals surface area (Å²) in [6.07, 6.45) is 1.50. The molecule has 1 aliphatic heterocycles. The summed E-state index contributed by atoms with van der Waals surface area (Å²) in [4.78, 5) is 12.0. The molecule has 2 rings (SSSR count). The number of halogens is 1. The third-order valence-corrected chi connectivity index (χ3v) is 3.65. The number of carbonyl (C=O) groups is 1. The second kappa shape index (κ2) is 7.50. The van der Waals surface area contributed by atoms with E-state index in [-0.39, 0.29) is 5.91 Å². The Kier molecular flexibility index (Phi) is 5.68. The zero-order valence-electron chi connectivity index (χ0n) is 11.6. The highest BCUT2D eigenvalue weighted by atomic mass is 35.5. The lowest BCUT2D eigenvalue weighted by atomic mass is 10.0. The van der Waals surface area contributed by atoms with Crippen LogP contribution >= 0.6 is 11.6 Å². The van der Waals surface area contributed by atoms with E-state index in [0.29, 0.717) is 23.2 Å². The van der Waals surface area contributed by atoms with Crippen molar-refractivity contribution in [1.29, 1.82) is 0 Å². The number of carbonyl (C=O) groups excluding carboxylic acids is 1. The maximum Gasteiger partial charge on any atom is 0.260 e. The van der Waals surface area contributed by atoms with Gasteiger partial charge in [0.25, 0.3) is 5.91 Å². The first-order valence-electron chi connectivity index (χ1n) is 6.93. The predicted octanol–water partition coefficient (Wildman–Crippen LogP) is 2.65. The highest BCUT2D eigenvalue weighted by Crippen LogP contribution is 2.17. The fraction of sp³-hybridized carbons (Fsp3) is 0.533. The Hall–Kier alpha value is -1.26. The highest BCUT2D eigenvalue weighted by molar-refractivity contribution is 6.30.